The third-order valence-corrected chi connectivity index (χ3v) is 7.09. The number of halogens is 1. The van der Waals surface area contributed by atoms with Gasteiger partial charge in [0.2, 0.25) is 0 Å². The minimum Gasteiger partial charge on any atom is -0.358 e. The van der Waals surface area contributed by atoms with Crippen LogP contribution in [-0.2, 0) is 4.79 Å². The second-order valence-electron chi connectivity index (χ2n) is 9.72. The van der Waals surface area contributed by atoms with Crippen molar-refractivity contribution in [2.75, 3.05) is 64.8 Å². The van der Waals surface area contributed by atoms with Crippen LogP contribution in [0.1, 0.15) is 46.2 Å². The summed E-state index contributed by atoms with van der Waals surface area (Å²) in [6.45, 7) is 11.5. The largest absolute Gasteiger partial charge is 0.358 e. The van der Waals surface area contributed by atoms with Crippen LogP contribution in [0.4, 0.5) is 10.1 Å². The number of rotatable bonds is 7. The first kappa shape index (κ1) is 25.1. The number of anilines is 1. The summed E-state index contributed by atoms with van der Waals surface area (Å²) in [5.41, 5.74) is 4.74. The summed E-state index contributed by atoms with van der Waals surface area (Å²) in [5.74, 6) is -0.496. The molecule has 0 radical (unpaired) electrons. The number of amides is 2. The quantitative estimate of drug-likeness (QED) is 0.616. The maximum atomic E-state index is 14.2. The van der Waals surface area contributed by atoms with Crippen LogP contribution in [-0.4, -0.2) is 91.4 Å². The van der Waals surface area contributed by atoms with E-state index < -0.39 is 0 Å². The van der Waals surface area contributed by atoms with Crippen molar-refractivity contribution in [3.63, 3.8) is 0 Å². The molecule has 35 heavy (non-hydrogen) atoms. The monoisotopic (exact) mass is 481 g/mol. The fraction of sp³-hybridized carbons (Fsp3) is 0.481. The number of likely N-dealkylation sites (N-methyl/N-ethyl adjacent to an activating group) is 1. The zero-order chi connectivity index (χ0) is 25.3. The fourth-order valence-electron chi connectivity index (χ4n) is 5.04. The zero-order valence-corrected chi connectivity index (χ0v) is 21.4. The predicted molar refractivity (Wildman–Crippen MR) is 138 cm³/mol. The standard InChI is InChI=1S/C27H36FN5O2/c1-6-31-12-14-32(15-13-31)27(35)25-18(2)23(29-19(25)3)17-22-21-16-20(28)8-9-24(21)33(26(22)34)11-7-10-30(4)5/h8-9,16-17,29H,6-7,10-15H2,1-5H3/b22-17-. The third kappa shape index (κ3) is 5.04. The molecule has 0 bridgehead atoms. The maximum Gasteiger partial charge on any atom is 0.259 e. The highest BCUT2D eigenvalue weighted by Gasteiger charge is 2.33. The minimum absolute atomic E-state index is 0.0196. The molecule has 188 valence electrons. The lowest BCUT2D eigenvalue weighted by Gasteiger charge is -2.34. The van der Waals surface area contributed by atoms with Gasteiger partial charge in [0.25, 0.3) is 11.8 Å². The molecule has 1 aromatic carbocycles. The molecule has 0 atom stereocenters. The number of aryl methyl sites for hydroxylation is 1. The number of aromatic amines is 1. The molecular formula is C27H36FN5O2. The van der Waals surface area contributed by atoms with Gasteiger partial charge in [-0.2, -0.15) is 0 Å². The Morgan fingerprint density at radius 2 is 1.89 bits per heavy atom. The number of fused-ring (bicyclic) bond motifs is 1. The lowest BCUT2D eigenvalue weighted by molar-refractivity contribution is -0.113. The topological polar surface area (TPSA) is 62.9 Å². The van der Waals surface area contributed by atoms with Crippen LogP contribution in [0.2, 0.25) is 0 Å². The number of benzene rings is 1. The zero-order valence-electron chi connectivity index (χ0n) is 21.4. The van der Waals surface area contributed by atoms with Crippen molar-refractivity contribution in [3.05, 3.63) is 52.1 Å². The predicted octanol–water partition coefficient (Wildman–Crippen LogP) is 3.39. The van der Waals surface area contributed by atoms with Gasteiger partial charge < -0.3 is 24.6 Å². The Hall–Kier alpha value is -2.97. The van der Waals surface area contributed by atoms with Gasteiger partial charge in [0.15, 0.2) is 0 Å². The lowest BCUT2D eigenvalue weighted by Crippen LogP contribution is -2.48. The van der Waals surface area contributed by atoms with E-state index in [0.717, 1.165) is 49.5 Å². The molecule has 0 spiro atoms. The first-order chi connectivity index (χ1) is 16.7. The van der Waals surface area contributed by atoms with Gasteiger partial charge in [-0.25, -0.2) is 4.39 Å². The molecule has 8 heteroatoms. The van der Waals surface area contributed by atoms with Gasteiger partial charge in [0.1, 0.15) is 5.82 Å². The summed E-state index contributed by atoms with van der Waals surface area (Å²) < 4.78 is 14.2. The molecule has 1 N–H and O–H groups in total. The smallest absolute Gasteiger partial charge is 0.259 e. The number of nitrogens with one attached hydrogen (secondary N) is 1. The Labute approximate surface area is 207 Å². The molecule has 1 aromatic heterocycles. The maximum absolute atomic E-state index is 14.2. The van der Waals surface area contributed by atoms with Crippen molar-refractivity contribution in [2.24, 2.45) is 0 Å². The Bertz CT molecular complexity index is 1140. The molecule has 0 aliphatic carbocycles. The summed E-state index contributed by atoms with van der Waals surface area (Å²) >= 11 is 0. The number of carbonyl (C=O) groups excluding carboxylic acids is 2. The molecule has 1 fully saturated rings. The van der Waals surface area contributed by atoms with Crippen molar-refractivity contribution < 1.29 is 14.0 Å². The van der Waals surface area contributed by atoms with Gasteiger partial charge in [0, 0.05) is 49.7 Å². The molecule has 2 aromatic rings. The number of hydrogen-bond donors (Lipinski definition) is 1. The molecule has 1 saturated heterocycles. The van der Waals surface area contributed by atoms with E-state index in [1.54, 1.807) is 17.0 Å². The van der Waals surface area contributed by atoms with Crippen molar-refractivity contribution in [1.82, 2.24) is 19.7 Å². The Balaban J connectivity index is 1.64. The van der Waals surface area contributed by atoms with Crippen LogP contribution in [0.15, 0.2) is 18.2 Å². The van der Waals surface area contributed by atoms with Crippen molar-refractivity contribution in [2.45, 2.75) is 27.2 Å². The van der Waals surface area contributed by atoms with E-state index in [1.807, 2.05) is 32.8 Å². The summed E-state index contributed by atoms with van der Waals surface area (Å²) in [4.78, 5) is 38.1. The number of H-pyrrole nitrogens is 1. The van der Waals surface area contributed by atoms with Crippen LogP contribution in [0.25, 0.3) is 11.6 Å². The van der Waals surface area contributed by atoms with E-state index in [9.17, 15) is 14.0 Å². The normalized spacial score (nSPS) is 17.7. The van der Waals surface area contributed by atoms with E-state index in [0.29, 0.717) is 42.0 Å². The van der Waals surface area contributed by atoms with Crippen LogP contribution in [0, 0.1) is 19.7 Å². The van der Waals surface area contributed by atoms with E-state index in [4.69, 9.17) is 0 Å². The van der Waals surface area contributed by atoms with Crippen LogP contribution in [0.3, 0.4) is 0 Å². The van der Waals surface area contributed by atoms with Gasteiger partial charge in [-0.05, 0) is 77.3 Å². The average molecular weight is 482 g/mol. The van der Waals surface area contributed by atoms with Gasteiger partial charge in [-0.3, -0.25) is 9.59 Å². The van der Waals surface area contributed by atoms with Gasteiger partial charge in [0.05, 0.1) is 16.8 Å². The fourth-order valence-corrected chi connectivity index (χ4v) is 5.04. The Morgan fingerprint density at radius 3 is 2.54 bits per heavy atom. The van der Waals surface area contributed by atoms with Crippen molar-refractivity contribution in [1.29, 1.82) is 0 Å². The number of carbonyl (C=O) groups is 2. The van der Waals surface area contributed by atoms with Crippen molar-refractivity contribution >= 4 is 29.2 Å². The molecular weight excluding hydrogens is 445 g/mol. The highest BCUT2D eigenvalue weighted by Crippen LogP contribution is 2.39. The van der Waals surface area contributed by atoms with E-state index in [-0.39, 0.29) is 17.6 Å². The first-order valence-electron chi connectivity index (χ1n) is 12.4. The second-order valence-corrected chi connectivity index (χ2v) is 9.72. The summed E-state index contributed by atoms with van der Waals surface area (Å²) in [6, 6.07) is 4.50. The van der Waals surface area contributed by atoms with Gasteiger partial charge in [-0.15, -0.1) is 0 Å². The second kappa shape index (κ2) is 10.3. The average Bonchev–Trinajstić information content (AvgIpc) is 3.25. The summed E-state index contributed by atoms with van der Waals surface area (Å²) in [6.07, 6.45) is 2.59. The lowest BCUT2D eigenvalue weighted by atomic mass is 10.0. The number of piperazine rings is 1. The van der Waals surface area contributed by atoms with E-state index in [1.165, 1.54) is 12.1 Å². The third-order valence-electron chi connectivity index (χ3n) is 7.09. The van der Waals surface area contributed by atoms with Gasteiger partial charge >= 0.3 is 0 Å². The SMILES string of the molecule is CCN1CCN(C(=O)c2c(C)[nH]c(/C=C3\C(=O)N(CCCN(C)C)c4ccc(F)cc43)c2C)CC1. The number of hydrogen-bond acceptors (Lipinski definition) is 4. The Morgan fingerprint density at radius 1 is 1.17 bits per heavy atom. The molecule has 2 aliphatic heterocycles. The number of aromatic nitrogens is 1. The molecule has 4 rings (SSSR count). The molecule has 0 saturated carbocycles. The molecule has 2 aliphatic rings. The highest BCUT2D eigenvalue weighted by molar-refractivity contribution is 6.35. The molecule has 7 nitrogen and oxygen atoms in total. The van der Waals surface area contributed by atoms with Crippen molar-refractivity contribution in [3.8, 4) is 0 Å². The minimum atomic E-state index is -0.376. The van der Waals surface area contributed by atoms with E-state index >= 15 is 0 Å². The molecule has 2 amide bonds. The van der Waals surface area contributed by atoms with E-state index in [2.05, 4.69) is 21.7 Å². The summed E-state index contributed by atoms with van der Waals surface area (Å²) in [7, 11) is 4.00. The Kier molecular flexibility index (Phi) is 7.42. The number of nitrogens with zero attached hydrogens (tertiary/aromatic N) is 4. The molecule has 0 unspecified atom stereocenters. The first-order valence-corrected chi connectivity index (χ1v) is 12.4. The molecule has 3 heterocycles. The van der Waals surface area contributed by atoms with Gasteiger partial charge in [-0.1, -0.05) is 6.92 Å². The van der Waals surface area contributed by atoms with Crippen LogP contribution >= 0.6 is 0 Å². The highest BCUT2D eigenvalue weighted by atomic mass is 19.1. The van der Waals surface area contributed by atoms with Crippen LogP contribution in [0.5, 0.6) is 0 Å². The van der Waals surface area contributed by atoms with Crippen LogP contribution < -0.4 is 4.90 Å². The summed E-state index contributed by atoms with van der Waals surface area (Å²) in [5, 5.41) is 0.